The Morgan fingerprint density at radius 1 is 0.780 bits per heavy atom. The molecule has 0 aliphatic rings. The summed E-state index contributed by atoms with van der Waals surface area (Å²) in [5.41, 5.74) is 17.1. The summed E-state index contributed by atoms with van der Waals surface area (Å²) in [7, 11) is 0. The zero-order chi connectivity index (χ0) is 31.1. The maximum atomic E-state index is 13.1. The molecule has 0 bridgehead atoms. The van der Waals surface area contributed by atoms with Crippen molar-refractivity contribution in [1.29, 1.82) is 0 Å². The Labute approximate surface area is 234 Å². The van der Waals surface area contributed by atoms with Crippen LogP contribution in [0.15, 0.2) is 29.3 Å². The van der Waals surface area contributed by atoms with Crippen molar-refractivity contribution in [2.45, 2.75) is 62.7 Å². The van der Waals surface area contributed by atoms with Gasteiger partial charge >= 0.3 is 17.9 Å². The molecule has 0 aliphatic heterocycles. The van der Waals surface area contributed by atoms with Gasteiger partial charge in [-0.05, 0) is 43.4 Å². The van der Waals surface area contributed by atoms with Crippen LogP contribution < -0.4 is 33.2 Å². The number of aliphatic carboxylic acids is 3. The SMILES string of the molecule is NC(N)=NCCCC(NC(=O)C(CCC(=O)O)NC(=O)C(N)Cc1ccc(O)cc1)C(=O)NC(CC(=O)O)C(=O)O. The third kappa shape index (κ3) is 13.6. The highest BCUT2D eigenvalue weighted by atomic mass is 16.4. The molecule has 0 saturated heterocycles. The molecule has 4 atom stereocenters. The number of hydrogen-bond acceptors (Lipinski definition) is 9. The minimum absolute atomic E-state index is 0.00621. The highest BCUT2D eigenvalue weighted by Crippen LogP contribution is 2.11. The Kier molecular flexibility index (Phi) is 14.1. The molecule has 1 aromatic rings. The van der Waals surface area contributed by atoms with E-state index in [1.54, 1.807) is 0 Å². The standard InChI is InChI=1S/C24H35N7O10/c25-14(10-12-3-5-13(32)6-4-12)20(37)29-16(7-8-18(33)34)22(39)30-15(2-1-9-28-24(26)27)21(38)31-17(23(40)41)11-19(35)36/h3-6,14-17,32H,1-2,7-11,25H2,(H,29,37)(H,30,39)(H,31,38)(H,33,34)(H,35,36)(H,40,41)(H4,26,27,28). The maximum absolute atomic E-state index is 13.1. The molecular weight excluding hydrogens is 546 g/mol. The molecule has 13 N–H and O–H groups in total. The average Bonchev–Trinajstić information content (AvgIpc) is 2.88. The number of rotatable bonds is 18. The topological polar surface area (TPSA) is 310 Å². The number of hydrogen-bond donors (Lipinski definition) is 10. The lowest BCUT2D eigenvalue weighted by molar-refractivity contribution is -0.147. The number of aromatic hydroxyl groups is 1. The molecular formula is C24H35N7O10. The number of aliphatic imine (C=N–C) groups is 1. The second-order valence-corrected chi connectivity index (χ2v) is 8.98. The van der Waals surface area contributed by atoms with Crippen LogP contribution in [0, 0.1) is 0 Å². The molecule has 17 heteroatoms. The van der Waals surface area contributed by atoms with Crippen molar-refractivity contribution in [1.82, 2.24) is 16.0 Å². The number of nitrogens with two attached hydrogens (primary N) is 3. The molecule has 4 unspecified atom stereocenters. The zero-order valence-electron chi connectivity index (χ0n) is 22.0. The van der Waals surface area contributed by atoms with Gasteiger partial charge in [-0.25, -0.2) is 4.79 Å². The number of benzene rings is 1. The number of phenols is 1. The highest BCUT2D eigenvalue weighted by molar-refractivity contribution is 5.94. The van der Waals surface area contributed by atoms with Gasteiger partial charge in [-0.2, -0.15) is 0 Å². The molecule has 0 fully saturated rings. The Hall–Kier alpha value is -4.93. The van der Waals surface area contributed by atoms with Gasteiger partial charge in [0.2, 0.25) is 17.7 Å². The van der Waals surface area contributed by atoms with E-state index in [-0.39, 0.29) is 43.9 Å². The first-order chi connectivity index (χ1) is 19.2. The third-order valence-corrected chi connectivity index (χ3v) is 5.58. The molecule has 0 aromatic heterocycles. The molecule has 226 valence electrons. The van der Waals surface area contributed by atoms with Crippen molar-refractivity contribution in [3.8, 4) is 5.75 Å². The molecule has 0 aliphatic carbocycles. The van der Waals surface area contributed by atoms with Crippen LogP contribution in [0.25, 0.3) is 0 Å². The number of nitrogens with zero attached hydrogens (tertiary/aromatic N) is 1. The van der Waals surface area contributed by atoms with E-state index in [4.69, 9.17) is 27.4 Å². The summed E-state index contributed by atoms with van der Waals surface area (Å²) in [5.74, 6) is -7.42. The fourth-order valence-electron chi connectivity index (χ4n) is 3.49. The van der Waals surface area contributed by atoms with E-state index < -0.39 is 72.6 Å². The highest BCUT2D eigenvalue weighted by Gasteiger charge is 2.31. The number of carboxylic acid groups (broad SMARTS) is 3. The van der Waals surface area contributed by atoms with Crippen LogP contribution in [0.3, 0.4) is 0 Å². The first-order valence-electron chi connectivity index (χ1n) is 12.4. The van der Waals surface area contributed by atoms with E-state index >= 15 is 0 Å². The Bertz CT molecular complexity index is 1120. The van der Waals surface area contributed by atoms with Crippen LogP contribution in [-0.2, 0) is 35.2 Å². The summed E-state index contributed by atoms with van der Waals surface area (Å²) in [4.78, 5) is 76.0. The summed E-state index contributed by atoms with van der Waals surface area (Å²) in [6, 6.07) is 0.0196. The monoisotopic (exact) mass is 581 g/mol. The molecule has 17 nitrogen and oxygen atoms in total. The lowest BCUT2D eigenvalue weighted by Crippen LogP contribution is -2.57. The van der Waals surface area contributed by atoms with Crippen LogP contribution >= 0.6 is 0 Å². The number of carboxylic acids is 3. The molecule has 3 amide bonds. The largest absolute Gasteiger partial charge is 0.508 e. The number of guanidine groups is 1. The van der Waals surface area contributed by atoms with E-state index in [1.165, 1.54) is 24.3 Å². The average molecular weight is 582 g/mol. The van der Waals surface area contributed by atoms with Crippen molar-refractivity contribution in [2.24, 2.45) is 22.2 Å². The summed E-state index contributed by atoms with van der Waals surface area (Å²) >= 11 is 0. The number of amides is 3. The summed E-state index contributed by atoms with van der Waals surface area (Å²) in [5, 5.41) is 43.4. The van der Waals surface area contributed by atoms with Crippen molar-refractivity contribution in [2.75, 3.05) is 6.54 Å². The van der Waals surface area contributed by atoms with Gasteiger partial charge in [-0.1, -0.05) is 12.1 Å². The minimum Gasteiger partial charge on any atom is -0.508 e. The van der Waals surface area contributed by atoms with Crippen molar-refractivity contribution in [3.63, 3.8) is 0 Å². The molecule has 0 saturated carbocycles. The first-order valence-corrected chi connectivity index (χ1v) is 12.4. The molecule has 0 radical (unpaired) electrons. The molecule has 1 aromatic carbocycles. The van der Waals surface area contributed by atoms with Gasteiger partial charge in [0.05, 0.1) is 12.5 Å². The number of nitrogens with one attached hydrogen (secondary N) is 3. The van der Waals surface area contributed by atoms with E-state index in [2.05, 4.69) is 15.6 Å². The number of carbonyl (C=O) groups excluding carboxylic acids is 3. The first kappa shape index (κ1) is 34.1. The van der Waals surface area contributed by atoms with Gasteiger partial charge in [0, 0.05) is 13.0 Å². The van der Waals surface area contributed by atoms with Crippen LogP contribution in [0.5, 0.6) is 5.75 Å². The van der Waals surface area contributed by atoms with Crippen LogP contribution in [-0.4, -0.2) is 92.7 Å². The van der Waals surface area contributed by atoms with Gasteiger partial charge < -0.3 is 53.6 Å². The Balaban J connectivity index is 3.07. The Morgan fingerprint density at radius 2 is 1.32 bits per heavy atom. The third-order valence-electron chi connectivity index (χ3n) is 5.58. The molecule has 0 heterocycles. The van der Waals surface area contributed by atoms with Gasteiger partial charge in [0.1, 0.15) is 23.9 Å². The number of phenolic OH excluding ortho intramolecular Hbond substituents is 1. The van der Waals surface area contributed by atoms with E-state index in [1.807, 2.05) is 5.32 Å². The van der Waals surface area contributed by atoms with Gasteiger partial charge in [-0.15, -0.1) is 0 Å². The van der Waals surface area contributed by atoms with E-state index in [0.717, 1.165) is 0 Å². The smallest absolute Gasteiger partial charge is 0.326 e. The van der Waals surface area contributed by atoms with E-state index in [0.29, 0.717) is 5.56 Å². The zero-order valence-corrected chi connectivity index (χ0v) is 22.0. The lowest BCUT2D eigenvalue weighted by atomic mass is 10.0. The number of carbonyl (C=O) groups is 6. The summed E-state index contributed by atoms with van der Waals surface area (Å²) in [6.45, 7) is 0.0325. The normalized spacial score (nSPS) is 13.5. The Morgan fingerprint density at radius 3 is 1.83 bits per heavy atom. The lowest BCUT2D eigenvalue weighted by Gasteiger charge is -2.25. The maximum Gasteiger partial charge on any atom is 0.326 e. The molecule has 0 spiro atoms. The van der Waals surface area contributed by atoms with Gasteiger partial charge in [-0.3, -0.25) is 29.0 Å². The predicted octanol–water partition coefficient (Wildman–Crippen LogP) is -2.81. The summed E-state index contributed by atoms with van der Waals surface area (Å²) in [6.07, 6.45) is -1.84. The van der Waals surface area contributed by atoms with Crippen LogP contribution in [0.4, 0.5) is 0 Å². The molecule has 1 rings (SSSR count). The second-order valence-electron chi connectivity index (χ2n) is 8.98. The van der Waals surface area contributed by atoms with Gasteiger partial charge in [0.25, 0.3) is 0 Å². The van der Waals surface area contributed by atoms with Crippen molar-refractivity contribution in [3.05, 3.63) is 29.8 Å². The fraction of sp³-hybridized carbons (Fsp3) is 0.458. The molecule has 41 heavy (non-hydrogen) atoms. The predicted molar refractivity (Wildman–Crippen MR) is 142 cm³/mol. The summed E-state index contributed by atoms with van der Waals surface area (Å²) < 4.78 is 0. The van der Waals surface area contributed by atoms with E-state index in [9.17, 15) is 39.0 Å². The second kappa shape index (κ2) is 16.9. The van der Waals surface area contributed by atoms with Crippen molar-refractivity contribution < 1.29 is 49.2 Å². The fourth-order valence-corrected chi connectivity index (χ4v) is 3.49. The van der Waals surface area contributed by atoms with Gasteiger partial charge in [0.15, 0.2) is 5.96 Å². The van der Waals surface area contributed by atoms with Crippen LogP contribution in [0.1, 0.15) is 37.7 Å². The minimum atomic E-state index is -1.81. The quantitative estimate of drug-likeness (QED) is 0.0476. The van der Waals surface area contributed by atoms with Crippen molar-refractivity contribution >= 4 is 41.6 Å². The van der Waals surface area contributed by atoms with Crippen LogP contribution in [0.2, 0.25) is 0 Å².